The number of anilines is 1. The van der Waals surface area contributed by atoms with Gasteiger partial charge in [-0.15, -0.1) is 0 Å². The average Bonchev–Trinajstić information content (AvgIpc) is 2.79. The lowest BCUT2D eigenvalue weighted by atomic mass is 9.97. The van der Waals surface area contributed by atoms with Crippen molar-refractivity contribution in [3.8, 4) is 0 Å². The van der Waals surface area contributed by atoms with E-state index in [9.17, 15) is 18.0 Å². The smallest absolute Gasteiger partial charge is 0.251 e. The van der Waals surface area contributed by atoms with Crippen LogP contribution in [0.3, 0.4) is 0 Å². The van der Waals surface area contributed by atoms with Gasteiger partial charge in [-0.3, -0.25) is 9.59 Å². The van der Waals surface area contributed by atoms with Gasteiger partial charge in [0.15, 0.2) is 0 Å². The summed E-state index contributed by atoms with van der Waals surface area (Å²) in [4.78, 5) is 25.2. The number of nitrogens with zero attached hydrogens (tertiary/aromatic N) is 1. The number of nitrogens with one attached hydrogen (secondary N) is 2. The van der Waals surface area contributed by atoms with Gasteiger partial charge in [0.2, 0.25) is 15.9 Å². The molecule has 0 saturated carbocycles. The fourth-order valence-electron chi connectivity index (χ4n) is 3.70. The van der Waals surface area contributed by atoms with Gasteiger partial charge >= 0.3 is 0 Å². The fourth-order valence-corrected chi connectivity index (χ4v) is 5.26. The van der Waals surface area contributed by atoms with E-state index >= 15 is 0 Å². The van der Waals surface area contributed by atoms with Crippen molar-refractivity contribution < 1.29 is 18.0 Å². The van der Waals surface area contributed by atoms with Crippen LogP contribution in [0.25, 0.3) is 0 Å². The molecule has 0 atom stereocenters. The van der Waals surface area contributed by atoms with Crippen molar-refractivity contribution in [3.05, 3.63) is 59.2 Å². The molecule has 7 nitrogen and oxygen atoms in total. The van der Waals surface area contributed by atoms with Crippen LogP contribution in [0.4, 0.5) is 5.69 Å². The van der Waals surface area contributed by atoms with Crippen LogP contribution in [-0.4, -0.2) is 44.2 Å². The van der Waals surface area contributed by atoms with Crippen molar-refractivity contribution in [1.29, 1.82) is 0 Å². The predicted molar refractivity (Wildman–Crippen MR) is 125 cm³/mol. The van der Waals surface area contributed by atoms with E-state index < -0.39 is 10.0 Å². The Kier molecular flexibility index (Phi) is 7.69. The summed E-state index contributed by atoms with van der Waals surface area (Å²) in [5.41, 5.74) is 3.03. The van der Waals surface area contributed by atoms with Crippen LogP contribution in [0, 0.1) is 19.8 Å². The van der Waals surface area contributed by atoms with Crippen molar-refractivity contribution >= 4 is 27.5 Å². The highest BCUT2D eigenvalue weighted by Crippen LogP contribution is 2.26. The molecule has 32 heavy (non-hydrogen) atoms. The van der Waals surface area contributed by atoms with Crippen LogP contribution in [-0.2, 0) is 14.8 Å². The molecule has 3 rings (SSSR count). The summed E-state index contributed by atoms with van der Waals surface area (Å²) >= 11 is 0. The number of carbonyl (C=O) groups is 2. The predicted octanol–water partition coefficient (Wildman–Crippen LogP) is 3.48. The molecule has 2 N–H and O–H groups in total. The van der Waals surface area contributed by atoms with Gasteiger partial charge in [0.25, 0.3) is 5.91 Å². The molecule has 0 radical (unpaired) electrons. The van der Waals surface area contributed by atoms with Crippen LogP contribution in [0.2, 0.25) is 0 Å². The molecule has 0 spiro atoms. The number of amides is 2. The van der Waals surface area contributed by atoms with Gasteiger partial charge in [-0.1, -0.05) is 19.1 Å². The van der Waals surface area contributed by atoms with Crippen LogP contribution < -0.4 is 10.6 Å². The minimum Gasteiger partial charge on any atom is -0.352 e. The van der Waals surface area contributed by atoms with Crippen LogP contribution in [0.15, 0.2) is 47.4 Å². The largest absolute Gasteiger partial charge is 0.352 e. The molecule has 172 valence electrons. The van der Waals surface area contributed by atoms with Crippen LogP contribution in [0.1, 0.15) is 47.7 Å². The lowest BCUT2D eigenvalue weighted by Crippen LogP contribution is -2.41. The van der Waals surface area contributed by atoms with Gasteiger partial charge in [0, 0.05) is 36.8 Å². The standard InChI is InChI=1S/C24H31N3O4S/c1-4-12-25-23(28)20-6-5-7-21(16-20)26-24(29)19-10-13-27(14-11-19)32(30,31)22-9-8-17(2)18(3)15-22/h5-9,15-16,19H,4,10-14H2,1-3H3,(H,25,28)(H,26,29). The molecule has 1 aliphatic heterocycles. The molecule has 1 saturated heterocycles. The summed E-state index contributed by atoms with van der Waals surface area (Å²) in [7, 11) is -3.58. The summed E-state index contributed by atoms with van der Waals surface area (Å²) in [6.45, 7) is 7.02. The molecule has 1 heterocycles. The number of piperidine rings is 1. The highest BCUT2D eigenvalue weighted by atomic mass is 32.2. The third-order valence-corrected chi connectivity index (χ3v) is 7.76. The third-order valence-electron chi connectivity index (χ3n) is 5.87. The molecule has 2 aromatic rings. The number of sulfonamides is 1. The molecule has 1 aliphatic rings. The number of hydrogen-bond acceptors (Lipinski definition) is 4. The zero-order chi connectivity index (χ0) is 23.3. The van der Waals surface area contributed by atoms with E-state index in [0.29, 0.717) is 48.6 Å². The van der Waals surface area contributed by atoms with Crippen molar-refractivity contribution in [1.82, 2.24) is 9.62 Å². The van der Waals surface area contributed by atoms with Gasteiger partial charge < -0.3 is 10.6 Å². The highest BCUT2D eigenvalue weighted by molar-refractivity contribution is 7.89. The summed E-state index contributed by atoms with van der Waals surface area (Å²) in [5, 5.41) is 5.69. The Hall–Kier alpha value is -2.71. The molecule has 0 unspecified atom stereocenters. The van der Waals surface area contributed by atoms with Crippen molar-refractivity contribution in [3.63, 3.8) is 0 Å². The Morgan fingerprint density at radius 3 is 2.41 bits per heavy atom. The zero-order valence-corrected chi connectivity index (χ0v) is 19.7. The van der Waals surface area contributed by atoms with E-state index in [-0.39, 0.29) is 17.7 Å². The summed E-state index contributed by atoms with van der Waals surface area (Å²) in [6.07, 6.45) is 1.75. The van der Waals surface area contributed by atoms with Gasteiger partial charge in [0.05, 0.1) is 4.90 Å². The topological polar surface area (TPSA) is 95.6 Å². The maximum Gasteiger partial charge on any atom is 0.251 e. The van der Waals surface area contributed by atoms with Gasteiger partial charge in [-0.05, 0) is 74.6 Å². The lowest BCUT2D eigenvalue weighted by molar-refractivity contribution is -0.120. The molecule has 0 aromatic heterocycles. The molecule has 0 bridgehead atoms. The Morgan fingerprint density at radius 2 is 1.75 bits per heavy atom. The zero-order valence-electron chi connectivity index (χ0n) is 18.8. The number of carbonyl (C=O) groups excluding carboxylic acids is 2. The van der Waals surface area contributed by atoms with Crippen LogP contribution >= 0.6 is 0 Å². The molecule has 2 amide bonds. The first kappa shape index (κ1) is 23.9. The Bertz CT molecular complexity index is 1090. The van der Waals surface area contributed by atoms with Crippen molar-refractivity contribution in [2.24, 2.45) is 5.92 Å². The fraction of sp³-hybridized carbons (Fsp3) is 0.417. The summed E-state index contributed by atoms with van der Waals surface area (Å²) in [6, 6.07) is 12.0. The lowest BCUT2D eigenvalue weighted by Gasteiger charge is -2.30. The first-order valence-electron chi connectivity index (χ1n) is 11.0. The molecule has 2 aromatic carbocycles. The Morgan fingerprint density at radius 1 is 1.03 bits per heavy atom. The average molecular weight is 458 g/mol. The molecule has 1 fully saturated rings. The van der Waals surface area contributed by atoms with E-state index in [1.54, 1.807) is 36.4 Å². The number of rotatable bonds is 7. The van der Waals surface area contributed by atoms with Crippen molar-refractivity contribution in [2.75, 3.05) is 25.0 Å². The SMILES string of the molecule is CCCNC(=O)c1cccc(NC(=O)C2CCN(S(=O)(=O)c3ccc(C)c(C)c3)CC2)c1. The quantitative estimate of drug-likeness (QED) is 0.665. The highest BCUT2D eigenvalue weighted by Gasteiger charge is 2.32. The Labute approximate surface area is 190 Å². The summed E-state index contributed by atoms with van der Waals surface area (Å²) in [5.74, 6) is -0.606. The number of hydrogen-bond donors (Lipinski definition) is 2. The number of benzene rings is 2. The second-order valence-electron chi connectivity index (χ2n) is 8.25. The molecule has 0 aliphatic carbocycles. The minimum absolute atomic E-state index is 0.153. The first-order valence-corrected chi connectivity index (χ1v) is 12.4. The second kappa shape index (κ2) is 10.3. The summed E-state index contributed by atoms with van der Waals surface area (Å²) < 4.78 is 27.4. The van der Waals surface area contributed by atoms with E-state index in [0.717, 1.165) is 17.5 Å². The first-order chi connectivity index (χ1) is 15.2. The van der Waals surface area contributed by atoms with Gasteiger partial charge in [-0.25, -0.2) is 8.42 Å². The normalized spacial score (nSPS) is 15.3. The molecule has 8 heteroatoms. The van der Waals surface area contributed by atoms with E-state index in [1.807, 2.05) is 26.8 Å². The maximum atomic E-state index is 13.0. The minimum atomic E-state index is -3.58. The van der Waals surface area contributed by atoms with Gasteiger partial charge in [-0.2, -0.15) is 4.31 Å². The second-order valence-corrected chi connectivity index (χ2v) is 10.2. The third kappa shape index (κ3) is 5.55. The Balaban J connectivity index is 1.60. The monoisotopic (exact) mass is 457 g/mol. The van der Waals surface area contributed by atoms with Gasteiger partial charge in [0.1, 0.15) is 0 Å². The van der Waals surface area contributed by atoms with Crippen LogP contribution in [0.5, 0.6) is 0 Å². The number of aryl methyl sites for hydroxylation is 2. The van der Waals surface area contributed by atoms with E-state index in [4.69, 9.17) is 0 Å². The van der Waals surface area contributed by atoms with Crippen molar-refractivity contribution in [2.45, 2.75) is 44.9 Å². The maximum absolute atomic E-state index is 13.0. The molecular weight excluding hydrogens is 426 g/mol. The van der Waals surface area contributed by atoms with E-state index in [2.05, 4.69) is 10.6 Å². The molecular formula is C24H31N3O4S. The van der Waals surface area contributed by atoms with E-state index in [1.165, 1.54) is 4.31 Å².